The van der Waals surface area contributed by atoms with Gasteiger partial charge in [-0.1, -0.05) is 56.7 Å². The first-order valence-electron chi connectivity index (χ1n) is 8.10. The number of hydrogen-bond acceptors (Lipinski definition) is 2. The highest BCUT2D eigenvalue weighted by Gasteiger charge is 2.30. The van der Waals surface area contributed by atoms with Gasteiger partial charge in [-0.25, -0.2) is 0 Å². The summed E-state index contributed by atoms with van der Waals surface area (Å²) in [6.45, 7) is 4.81. The SMILES string of the molecule is CC1CCCC(C)C1NC(c1ccccc1)c1cccs1. The minimum absolute atomic E-state index is 0.333. The molecular weight excluding hydrogens is 274 g/mol. The van der Waals surface area contributed by atoms with Crippen molar-refractivity contribution in [3.63, 3.8) is 0 Å². The van der Waals surface area contributed by atoms with Crippen LogP contribution in [-0.4, -0.2) is 6.04 Å². The van der Waals surface area contributed by atoms with Crippen LogP contribution >= 0.6 is 11.3 Å². The lowest BCUT2D eigenvalue weighted by Gasteiger charge is -2.38. The quantitative estimate of drug-likeness (QED) is 0.813. The van der Waals surface area contributed by atoms with Crippen LogP contribution in [0.2, 0.25) is 0 Å². The van der Waals surface area contributed by atoms with Crippen molar-refractivity contribution >= 4 is 11.3 Å². The third-order valence-electron chi connectivity index (χ3n) is 4.86. The van der Waals surface area contributed by atoms with Crippen LogP contribution in [0, 0.1) is 11.8 Å². The van der Waals surface area contributed by atoms with E-state index in [2.05, 4.69) is 67.0 Å². The summed E-state index contributed by atoms with van der Waals surface area (Å²) in [5.74, 6) is 1.53. The lowest BCUT2D eigenvalue weighted by molar-refractivity contribution is 0.200. The van der Waals surface area contributed by atoms with Gasteiger partial charge < -0.3 is 5.32 Å². The van der Waals surface area contributed by atoms with E-state index in [4.69, 9.17) is 0 Å². The summed E-state index contributed by atoms with van der Waals surface area (Å²) in [6, 6.07) is 16.2. The Morgan fingerprint density at radius 2 is 1.71 bits per heavy atom. The average Bonchev–Trinajstić information content (AvgIpc) is 3.02. The number of benzene rings is 1. The fraction of sp³-hybridized carbons (Fsp3) is 0.474. The molecule has 1 aliphatic carbocycles. The Morgan fingerprint density at radius 1 is 1.00 bits per heavy atom. The lowest BCUT2D eigenvalue weighted by Crippen LogP contribution is -2.44. The summed E-state index contributed by atoms with van der Waals surface area (Å²) >= 11 is 1.85. The van der Waals surface area contributed by atoms with Gasteiger partial charge in [-0.15, -0.1) is 11.3 Å². The first-order valence-corrected chi connectivity index (χ1v) is 8.98. The molecule has 1 aromatic carbocycles. The Labute approximate surface area is 132 Å². The topological polar surface area (TPSA) is 12.0 Å². The van der Waals surface area contributed by atoms with Crippen LogP contribution in [0.4, 0.5) is 0 Å². The molecule has 3 rings (SSSR count). The Balaban J connectivity index is 1.86. The van der Waals surface area contributed by atoms with Crippen molar-refractivity contribution in [1.29, 1.82) is 0 Å². The molecule has 21 heavy (non-hydrogen) atoms. The highest BCUT2D eigenvalue weighted by molar-refractivity contribution is 7.10. The molecule has 1 N–H and O–H groups in total. The van der Waals surface area contributed by atoms with E-state index in [-0.39, 0.29) is 0 Å². The second kappa shape index (κ2) is 6.76. The van der Waals surface area contributed by atoms with Crippen molar-refractivity contribution in [3.8, 4) is 0 Å². The first-order chi connectivity index (χ1) is 10.3. The molecule has 3 atom stereocenters. The predicted octanol–water partition coefficient (Wildman–Crippen LogP) is 5.25. The summed E-state index contributed by atoms with van der Waals surface area (Å²) in [7, 11) is 0. The molecule has 1 heterocycles. The van der Waals surface area contributed by atoms with Crippen LogP contribution in [0.25, 0.3) is 0 Å². The zero-order valence-electron chi connectivity index (χ0n) is 13.0. The van der Waals surface area contributed by atoms with E-state index < -0.39 is 0 Å². The smallest absolute Gasteiger partial charge is 0.0673 e. The molecule has 0 aliphatic heterocycles. The normalized spacial score (nSPS) is 27.4. The largest absolute Gasteiger partial charge is 0.302 e. The second-order valence-electron chi connectivity index (χ2n) is 6.44. The summed E-state index contributed by atoms with van der Waals surface area (Å²) in [5.41, 5.74) is 1.38. The van der Waals surface area contributed by atoms with E-state index in [1.54, 1.807) is 0 Å². The summed E-state index contributed by atoms with van der Waals surface area (Å²) < 4.78 is 0. The van der Waals surface area contributed by atoms with E-state index in [0.717, 1.165) is 11.8 Å². The highest BCUT2D eigenvalue weighted by Crippen LogP contribution is 2.33. The molecule has 1 aromatic heterocycles. The van der Waals surface area contributed by atoms with Crippen LogP contribution in [-0.2, 0) is 0 Å². The fourth-order valence-corrected chi connectivity index (χ4v) is 4.46. The Morgan fingerprint density at radius 3 is 2.33 bits per heavy atom. The van der Waals surface area contributed by atoms with Crippen molar-refractivity contribution in [2.45, 2.75) is 45.2 Å². The first kappa shape index (κ1) is 14.8. The van der Waals surface area contributed by atoms with Crippen molar-refractivity contribution in [2.24, 2.45) is 11.8 Å². The van der Waals surface area contributed by atoms with Gasteiger partial charge in [-0.05, 0) is 41.7 Å². The van der Waals surface area contributed by atoms with Gasteiger partial charge in [-0.3, -0.25) is 0 Å². The Hall–Kier alpha value is -1.12. The number of nitrogens with one attached hydrogen (secondary N) is 1. The molecule has 2 aromatic rings. The maximum Gasteiger partial charge on any atom is 0.0673 e. The van der Waals surface area contributed by atoms with Crippen LogP contribution in [0.5, 0.6) is 0 Å². The monoisotopic (exact) mass is 299 g/mol. The van der Waals surface area contributed by atoms with E-state index in [1.807, 2.05) is 11.3 Å². The van der Waals surface area contributed by atoms with Crippen molar-refractivity contribution in [2.75, 3.05) is 0 Å². The van der Waals surface area contributed by atoms with E-state index >= 15 is 0 Å². The van der Waals surface area contributed by atoms with Crippen molar-refractivity contribution < 1.29 is 0 Å². The summed E-state index contributed by atoms with van der Waals surface area (Å²) in [6.07, 6.45) is 4.09. The minimum Gasteiger partial charge on any atom is -0.302 e. The maximum absolute atomic E-state index is 3.98. The van der Waals surface area contributed by atoms with Crippen LogP contribution in [0.1, 0.15) is 49.6 Å². The predicted molar refractivity (Wildman–Crippen MR) is 91.7 cm³/mol. The molecule has 0 saturated heterocycles. The Bertz CT molecular complexity index is 524. The molecule has 0 radical (unpaired) electrons. The van der Waals surface area contributed by atoms with E-state index in [0.29, 0.717) is 12.1 Å². The second-order valence-corrected chi connectivity index (χ2v) is 7.42. The van der Waals surface area contributed by atoms with Gasteiger partial charge in [0.05, 0.1) is 6.04 Å². The fourth-order valence-electron chi connectivity index (χ4n) is 3.65. The van der Waals surface area contributed by atoms with Crippen molar-refractivity contribution in [3.05, 3.63) is 58.3 Å². The molecule has 1 saturated carbocycles. The van der Waals surface area contributed by atoms with Crippen LogP contribution in [0.3, 0.4) is 0 Å². The molecule has 1 nitrogen and oxygen atoms in total. The third kappa shape index (κ3) is 3.38. The van der Waals surface area contributed by atoms with Gasteiger partial charge in [0.15, 0.2) is 0 Å². The van der Waals surface area contributed by atoms with Crippen molar-refractivity contribution in [1.82, 2.24) is 5.32 Å². The number of thiophene rings is 1. The molecule has 3 unspecified atom stereocenters. The van der Waals surface area contributed by atoms with Gasteiger partial charge in [0, 0.05) is 10.9 Å². The third-order valence-corrected chi connectivity index (χ3v) is 5.80. The van der Waals surface area contributed by atoms with Gasteiger partial charge in [0.25, 0.3) is 0 Å². The van der Waals surface area contributed by atoms with Crippen LogP contribution < -0.4 is 5.32 Å². The molecular formula is C19H25NS. The summed E-state index contributed by atoms with van der Waals surface area (Å²) in [4.78, 5) is 1.42. The zero-order chi connectivity index (χ0) is 14.7. The molecule has 0 amide bonds. The number of hydrogen-bond donors (Lipinski definition) is 1. The molecule has 0 bridgehead atoms. The zero-order valence-corrected chi connectivity index (χ0v) is 13.8. The molecule has 0 spiro atoms. The van der Waals surface area contributed by atoms with E-state index in [9.17, 15) is 0 Å². The molecule has 1 fully saturated rings. The minimum atomic E-state index is 0.333. The van der Waals surface area contributed by atoms with E-state index in [1.165, 1.54) is 29.7 Å². The summed E-state index contributed by atoms with van der Waals surface area (Å²) in [5, 5.41) is 6.17. The lowest BCUT2D eigenvalue weighted by atomic mass is 9.78. The van der Waals surface area contributed by atoms with Gasteiger partial charge in [0.1, 0.15) is 0 Å². The standard InChI is InChI=1S/C19H25NS/c1-14-8-6-9-15(2)18(14)20-19(17-12-7-13-21-17)16-10-4-3-5-11-16/h3-5,7,10-15,18-20H,6,8-9H2,1-2H3. The highest BCUT2D eigenvalue weighted by atomic mass is 32.1. The Kier molecular flexibility index (Phi) is 4.77. The average molecular weight is 299 g/mol. The molecule has 2 heteroatoms. The van der Waals surface area contributed by atoms with Gasteiger partial charge >= 0.3 is 0 Å². The van der Waals surface area contributed by atoms with Gasteiger partial charge in [-0.2, -0.15) is 0 Å². The number of rotatable bonds is 4. The van der Waals surface area contributed by atoms with Gasteiger partial charge in [0.2, 0.25) is 0 Å². The van der Waals surface area contributed by atoms with Crippen LogP contribution in [0.15, 0.2) is 47.8 Å². The molecule has 1 aliphatic rings. The molecule has 112 valence electrons. The maximum atomic E-state index is 3.98.